The maximum Gasteiger partial charge on any atom is 0.0682 e. The summed E-state index contributed by atoms with van der Waals surface area (Å²) in [6, 6.07) is 3.95. The largest absolute Gasteiger partial charge is 0.319 e. The zero-order valence-electron chi connectivity index (χ0n) is 5.90. The quantitative estimate of drug-likeness (QED) is 0.638. The van der Waals surface area contributed by atoms with Gasteiger partial charge in [0.05, 0.1) is 11.7 Å². The van der Waals surface area contributed by atoms with E-state index in [0.717, 1.165) is 11.3 Å². The van der Waals surface area contributed by atoms with Gasteiger partial charge in [0.25, 0.3) is 0 Å². The Labute approximate surface area is 71.5 Å². The summed E-state index contributed by atoms with van der Waals surface area (Å²) in [5.41, 5.74) is 7.83. The lowest BCUT2D eigenvalue weighted by Gasteiger charge is -2.00. The van der Waals surface area contributed by atoms with Crippen molar-refractivity contribution in [2.75, 3.05) is 0 Å². The van der Waals surface area contributed by atoms with Crippen LogP contribution in [0.2, 0.25) is 0 Å². The molecule has 0 aliphatic heterocycles. The lowest BCUT2D eigenvalue weighted by atomic mass is 10.2. The molecule has 0 fully saturated rings. The normalized spacial score (nSPS) is 19.2. The molecule has 2 rings (SSSR count). The molecular weight excluding hydrogens is 160 g/mol. The molecule has 1 heterocycles. The maximum absolute atomic E-state index is 5.70. The minimum absolute atomic E-state index is 0. The monoisotopic (exact) mass is 168 g/mol. The predicted molar refractivity (Wildman–Crippen MR) is 47.4 cm³/mol. The fraction of sp³-hybridized carbons (Fsp3) is 0.125. The molecule has 0 aromatic carbocycles. The van der Waals surface area contributed by atoms with Crippen LogP contribution in [-0.2, 0) is 0 Å². The predicted octanol–water partition coefficient (Wildman–Crippen LogP) is 1.53. The molecule has 1 aliphatic carbocycles. The van der Waals surface area contributed by atoms with Crippen molar-refractivity contribution in [3.63, 3.8) is 0 Å². The highest BCUT2D eigenvalue weighted by Gasteiger charge is 2.12. The van der Waals surface area contributed by atoms with Crippen molar-refractivity contribution in [3.8, 4) is 0 Å². The van der Waals surface area contributed by atoms with Crippen LogP contribution in [-0.4, -0.2) is 4.98 Å². The molecule has 0 saturated heterocycles. The topological polar surface area (TPSA) is 38.9 Å². The van der Waals surface area contributed by atoms with Gasteiger partial charge in [0.2, 0.25) is 0 Å². The zero-order valence-corrected chi connectivity index (χ0v) is 6.71. The smallest absolute Gasteiger partial charge is 0.0682 e. The van der Waals surface area contributed by atoms with Crippen LogP contribution in [0.25, 0.3) is 6.08 Å². The van der Waals surface area contributed by atoms with E-state index < -0.39 is 0 Å². The molecule has 0 radical (unpaired) electrons. The highest BCUT2D eigenvalue weighted by molar-refractivity contribution is 5.85. The number of rotatable bonds is 0. The Morgan fingerprint density at radius 3 is 3.00 bits per heavy atom. The number of hydrogen-bond acceptors (Lipinski definition) is 2. The maximum atomic E-state index is 5.70. The van der Waals surface area contributed by atoms with Crippen LogP contribution < -0.4 is 5.73 Å². The Balaban J connectivity index is 0.000000605. The molecular formula is C8H9ClN2. The number of nitrogens with two attached hydrogens (primary N) is 1. The van der Waals surface area contributed by atoms with Crippen LogP contribution in [0.15, 0.2) is 24.4 Å². The summed E-state index contributed by atoms with van der Waals surface area (Å²) in [5.74, 6) is 0. The van der Waals surface area contributed by atoms with Crippen molar-refractivity contribution >= 4 is 18.5 Å². The molecule has 2 nitrogen and oxygen atoms in total. The third kappa shape index (κ3) is 1.27. The average Bonchev–Trinajstić information content (AvgIpc) is 2.34. The van der Waals surface area contributed by atoms with Crippen LogP contribution in [0.1, 0.15) is 17.3 Å². The minimum Gasteiger partial charge on any atom is -0.319 e. The van der Waals surface area contributed by atoms with E-state index in [9.17, 15) is 0 Å². The van der Waals surface area contributed by atoms with E-state index in [0.29, 0.717) is 0 Å². The number of pyridine rings is 1. The van der Waals surface area contributed by atoms with Crippen molar-refractivity contribution in [2.24, 2.45) is 5.73 Å². The zero-order chi connectivity index (χ0) is 6.97. The van der Waals surface area contributed by atoms with E-state index in [4.69, 9.17) is 5.73 Å². The number of aromatic nitrogens is 1. The van der Waals surface area contributed by atoms with Crippen LogP contribution in [0.5, 0.6) is 0 Å². The average molecular weight is 169 g/mol. The van der Waals surface area contributed by atoms with Crippen molar-refractivity contribution in [1.29, 1.82) is 0 Å². The summed E-state index contributed by atoms with van der Waals surface area (Å²) < 4.78 is 0. The molecule has 1 aromatic rings. The Kier molecular flexibility index (Phi) is 2.27. The molecule has 0 amide bonds. The van der Waals surface area contributed by atoms with E-state index in [-0.39, 0.29) is 18.4 Å². The first kappa shape index (κ1) is 8.24. The standard InChI is InChI=1S/C8H8N2.ClH/c9-7-4-3-6-2-1-5-10-8(6)7;/h1-5,7H,9H2;1H. The number of nitrogens with zero attached hydrogens (tertiary/aromatic N) is 1. The van der Waals surface area contributed by atoms with Gasteiger partial charge in [-0.05, 0) is 11.6 Å². The van der Waals surface area contributed by atoms with Crippen LogP contribution in [0, 0.1) is 0 Å². The second kappa shape index (κ2) is 3.03. The summed E-state index contributed by atoms with van der Waals surface area (Å²) in [7, 11) is 0. The summed E-state index contributed by atoms with van der Waals surface area (Å²) in [5, 5.41) is 0. The van der Waals surface area contributed by atoms with E-state index in [1.807, 2.05) is 24.3 Å². The van der Waals surface area contributed by atoms with Gasteiger partial charge >= 0.3 is 0 Å². The van der Waals surface area contributed by atoms with Crippen LogP contribution in [0.4, 0.5) is 0 Å². The van der Waals surface area contributed by atoms with Gasteiger partial charge in [0.15, 0.2) is 0 Å². The van der Waals surface area contributed by atoms with Gasteiger partial charge in [-0.25, -0.2) is 0 Å². The first-order valence-corrected chi connectivity index (χ1v) is 3.26. The van der Waals surface area contributed by atoms with Gasteiger partial charge in [-0.3, -0.25) is 4.98 Å². The van der Waals surface area contributed by atoms with Gasteiger partial charge in [-0.2, -0.15) is 0 Å². The molecule has 2 N–H and O–H groups in total. The molecule has 0 saturated carbocycles. The van der Waals surface area contributed by atoms with Gasteiger partial charge < -0.3 is 5.73 Å². The Morgan fingerprint density at radius 1 is 1.45 bits per heavy atom. The summed E-state index contributed by atoms with van der Waals surface area (Å²) in [4.78, 5) is 4.15. The lowest BCUT2D eigenvalue weighted by molar-refractivity contribution is 0.879. The second-order valence-corrected chi connectivity index (χ2v) is 2.36. The molecule has 3 heteroatoms. The Morgan fingerprint density at radius 2 is 2.27 bits per heavy atom. The van der Waals surface area contributed by atoms with E-state index in [2.05, 4.69) is 4.98 Å². The molecule has 0 bridgehead atoms. The number of hydrogen-bond donors (Lipinski definition) is 1. The molecule has 0 spiro atoms. The van der Waals surface area contributed by atoms with Gasteiger partial charge in [-0.1, -0.05) is 18.2 Å². The van der Waals surface area contributed by atoms with Crippen LogP contribution >= 0.6 is 12.4 Å². The summed E-state index contributed by atoms with van der Waals surface area (Å²) in [6.07, 6.45) is 5.73. The molecule has 1 aromatic heterocycles. The molecule has 58 valence electrons. The summed E-state index contributed by atoms with van der Waals surface area (Å²) >= 11 is 0. The van der Waals surface area contributed by atoms with Gasteiger partial charge in [-0.15, -0.1) is 12.4 Å². The summed E-state index contributed by atoms with van der Waals surface area (Å²) in [6.45, 7) is 0. The third-order valence-corrected chi connectivity index (χ3v) is 1.67. The highest BCUT2D eigenvalue weighted by atomic mass is 35.5. The highest BCUT2D eigenvalue weighted by Crippen LogP contribution is 2.22. The van der Waals surface area contributed by atoms with Crippen molar-refractivity contribution in [2.45, 2.75) is 6.04 Å². The number of fused-ring (bicyclic) bond motifs is 1. The first-order valence-electron chi connectivity index (χ1n) is 3.26. The first-order chi connectivity index (χ1) is 4.88. The number of halogens is 1. The second-order valence-electron chi connectivity index (χ2n) is 2.36. The fourth-order valence-corrected chi connectivity index (χ4v) is 1.15. The van der Waals surface area contributed by atoms with Gasteiger partial charge in [0.1, 0.15) is 0 Å². The van der Waals surface area contributed by atoms with Crippen molar-refractivity contribution in [1.82, 2.24) is 4.98 Å². The van der Waals surface area contributed by atoms with Gasteiger partial charge in [0, 0.05) is 6.20 Å². The Hall–Kier alpha value is -0.860. The van der Waals surface area contributed by atoms with E-state index >= 15 is 0 Å². The van der Waals surface area contributed by atoms with E-state index in [1.165, 1.54) is 0 Å². The SMILES string of the molecule is Cl.NC1C=Cc2cccnc21. The Bertz CT molecular complexity index is 283. The fourth-order valence-electron chi connectivity index (χ4n) is 1.15. The van der Waals surface area contributed by atoms with Crippen LogP contribution in [0.3, 0.4) is 0 Å². The minimum atomic E-state index is 0. The lowest BCUT2D eigenvalue weighted by Crippen LogP contribution is -2.06. The molecule has 1 atom stereocenters. The van der Waals surface area contributed by atoms with Crippen molar-refractivity contribution < 1.29 is 0 Å². The third-order valence-electron chi connectivity index (χ3n) is 1.67. The van der Waals surface area contributed by atoms with E-state index in [1.54, 1.807) is 6.20 Å². The van der Waals surface area contributed by atoms with Crippen molar-refractivity contribution in [3.05, 3.63) is 35.7 Å². The molecule has 1 aliphatic rings. The molecule has 1 unspecified atom stereocenters. The molecule has 11 heavy (non-hydrogen) atoms.